The van der Waals surface area contributed by atoms with Crippen LogP contribution in [0.1, 0.15) is 51.9 Å². The number of hydrogen-bond acceptors (Lipinski definition) is 3. The number of carbonyl (C=O) groups excluding carboxylic acids is 1. The van der Waals surface area contributed by atoms with E-state index in [1.54, 1.807) is 11.8 Å². The molecule has 0 saturated carbocycles. The third-order valence-corrected chi connectivity index (χ3v) is 3.91. The Morgan fingerprint density at radius 1 is 1.26 bits per heavy atom. The van der Waals surface area contributed by atoms with Gasteiger partial charge in [-0.25, -0.2) is 0 Å². The summed E-state index contributed by atoms with van der Waals surface area (Å²) in [6.07, 6.45) is 5.93. The van der Waals surface area contributed by atoms with Crippen molar-refractivity contribution in [3.8, 4) is 0 Å². The quantitative estimate of drug-likeness (QED) is 0.688. The van der Waals surface area contributed by atoms with Crippen LogP contribution in [-0.4, -0.2) is 41.5 Å². The van der Waals surface area contributed by atoms with Crippen molar-refractivity contribution in [3.05, 3.63) is 0 Å². The fourth-order valence-electron chi connectivity index (χ4n) is 2.56. The average molecular weight is 270 g/mol. The molecule has 0 aromatic heterocycles. The van der Waals surface area contributed by atoms with Crippen molar-refractivity contribution in [2.45, 2.75) is 51.9 Å². The maximum atomic E-state index is 12.0. The van der Waals surface area contributed by atoms with E-state index in [1.807, 2.05) is 0 Å². The first-order valence-corrected chi connectivity index (χ1v) is 7.21. The van der Waals surface area contributed by atoms with E-state index in [4.69, 9.17) is 5.73 Å². The van der Waals surface area contributed by atoms with Crippen molar-refractivity contribution in [3.63, 3.8) is 0 Å². The number of piperidine rings is 1. The molecule has 3 N–H and O–H groups in total. The minimum Gasteiger partial charge on any atom is -0.481 e. The van der Waals surface area contributed by atoms with Crippen molar-refractivity contribution in [2.24, 2.45) is 11.1 Å². The van der Waals surface area contributed by atoms with Crippen molar-refractivity contribution < 1.29 is 14.7 Å². The standard InChI is InChI=1S/C14H26N2O3/c1-14(13(18)19)8-6-10-16(11-14)12(17)7-4-2-3-5-9-15/h2-11,15H2,1H3,(H,18,19). The molecule has 0 spiro atoms. The van der Waals surface area contributed by atoms with Crippen LogP contribution in [0.25, 0.3) is 0 Å². The first-order valence-electron chi connectivity index (χ1n) is 7.21. The molecule has 1 fully saturated rings. The molecule has 1 atom stereocenters. The number of amides is 1. The molecule has 0 aliphatic carbocycles. The lowest BCUT2D eigenvalue weighted by molar-refractivity contribution is -0.153. The van der Waals surface area contributed by atoms with Gasteiger partial charge in [0.2, 0.25) is 5.91 Å². The van der Waals surface area contributed by atoms with Crippen LogP contribution in [0.2, 0.25) is 0 Å². The van der Waals surface area contributed by atoms with E-state index in [-0.39, 0.29) is 5.91 Å². The first-order chi connectivity index (χ1) is 8.99. The predicted molar refractivity (Wildman–Crippen MR) is 73.7 cm³/mol. The normalized spacial score (nSPS) is 23.4. The second-order valence-corrected chi connectivity index (χ2v) is 5.74. The number of nitrogens with zero attached hydrogens (tertiary/aromatic N) is 1. The highest BCUT2D eigenvalue weighted by Crippen LogP contribution is 2.30. The zero-order chi connectivity index (χ0) is 14.3. The first kappa shape index (κ1) is 16.0. The van der Waals surface area contributed by atoms with Gasteiger partial charge in [-0.15, -0.1) is 0 Å². The molecule has 1 heterocycles. The maximum Gasteiger partial charge on any atom is 0.311 e. The highest BCUT2D eigenvalue weighted by atomic mass is 16.4. The lowest BCUT2D eigenvalue weighted by Gasteiger charge is -2.37. The Morgan fingerprint density at radius 2 is 1.95 bits per heavy atom. The lowest BCUT2D eigenvalue weighted by atomic mass is 9.82. The van der Waals surface area contributed by atoms with Gasteiger partial charge in [0, 0.05) is 19.5 Å². The number of carbonyl (C=O) groups is 2. The van der Waals surface area contributed by atoms with Crippen molar-refractivity contribution >= 4 is 11.9 Å². The van der Waals surface area contributed by atoms with Crippen LogP contribution in [0.5, 0.6) is 0 Å². The minimum atomic E-state index is -0.798. The summed E-state index contributed by atoms with van der Waals surface area (Å²) in [5.41, 5.74) is 4.64. The van der Waals surface area contributed by atoms with Crippen LogP contribution in [0.15, 0.2) is 0 Å². The van der Waals surface area contributed by atoms with Gasteiger partial charge < -0.3 is 15.7 Å². The number of nitrogens with two attached hydrogens (primary N) is 1. The van der Waals surface area contributed by atoms with Crippen LogP contribution >= 0.6 is 0 Å². The highest BCUT2D eigenvalue weighted by Gasteiger charge is 2.39. The van der Waals surface area contributed by atoms with Crippen molar-refractivity contribution in [1.29, 1.82) is 0 Å². The average Bonchev–Trinajstić information content (AvgIpc) is 2.38. The number of unbranched alkanes of at least 4 members (excludes halogenated alkanes) is 3. The number of likely N-dealkylation sites (tertiary alicyclic amines) is 1. The lowest BCUT2D eigenvalue weighted by Crippen LogP contribution is -2.48. The van der Waals surface area contributed by atoms with Gasteiger partial charge in [0.15, 0.2) is 0 Å². The third kappa shape index (κ3) is 4.82. The smallest absolute Gasteiger partial charge is 0.311 e. The molecule has 0 radical (unpaired) electrons. The molecular weight excluding hydrogens is 244 g/mol. The second-order valence-electron chi connectivity index (χ2n) is 5.74. The summed E-state index contributed by atoms with van der Waals surface area (Å²) in [5, 5.41) is 9.22. The molecule has 1 saturated heterocycles. The summed E-state index contributed by atoms with van der Waals surface area (Å²) < 4.78 is 0. The van der Waals surface area contributed by atoms with Gasteiger partial charge in [0.25, 0.3) is 0 Å². The van der Waals surface area contributed by atoms with E-state index in [0.29, 0.717) is 32.5 Å². The SMILES string of the molecule is CC1(C(=O)O)CCCN(C(=O)CCCCCCN)C1. The Bertz CT molecular complexity index is 320. The number of carboxylic acids is 1. The van der Waals surface area contributed by atoms with Crippen LogP contribution < -0.4 is 5.73 Å². The third-order valence-electron chi connectivity index (χ3n) is 3.91. The van der Waals surface area contributed by atoms with Gasteiger partial charge in [0.05, 0.1) is 5.41 Å². The van der Waals surface area contributed by atoms with Crippen LogP contribution in [-0.2, 0) is 9.59 Å². The fraction of sp³-hybridized carbons (Fsp3) is 0.857. The largest absolute Gasteiger partial charge is 0.481 e. The Kier molecular flexibility index (Phi) is 6.28. The zero-order valence-corrected chi connectivity index (χ0v) is 11.9. The number of hydrogen-bond donors (Lipinski definition) is 2. The minimum absolute atomic E-state index is 0.0972. The Balaban J connectivity index is 2.34. The number of carboxylic acid groups (broad SMARTS) is 1. The van der Waals surface area contributed by atoms with E-state index < -0.39 is 11.4 Å². The number of rotatable bonds is 7. The van der Waals surface area contributed by atoms with Gasteiger partial charge in [-0.2, -0.15) is 0 Å². The summed E-state index contributed by atoms with van der Waals surface area (Å²) in [6, 6.07) is 0. The van der Waals surface area contributed by atoms with Gasteiger partial charge in [-0.05, 0) is 39.2 Å². The molecule has 0 bridgehead atoms. The summed E-state index contributed by atoms with van der Waals surface area (Å²) >= 11 is 0. The molecule has 1 aliphatic heterocycles. The van der Waals surface area contributed by atoms with E-state index in [2.05, 4.69) is 0 Å². The van der Waals surface area contributed by atoms with Gasteiger partial charge >= 0.3 is 5.97 Å². The number of aliphatic carboxylic acids is 1. The summed E-state index contributed by atoms with van der Waals surface area (Å²) in [4.78, 5) is 25.0. The molecule has 5 heteroatoms. The molecule has 0 aromatic carbocycles. The molecule has 1 amide bonds. The van der Waals surface area contributed by atoms with Crippen LogP contribution in [0.3, 0.4) is 0 Å². The molecule has 1 rings (SSSR count). The monoisotopic (exact) mass is 270 g/mol. The summed E-state index contributed by atoms with van der Waals surface area (Å²) in [7, 11) is 0. The fourth-order valence-corrected chi connectivity index (χ4v) is 2.56. The van der Waals surface area contributed by atoms with Crippen LogP contribution in [0.4, 0.5) is 0 Å². The molecule has 1 aliphatic rings. The molecule has 5 nitrogen and oxygen atoms in total. The van der Waals surface area contributed by atoms with Gasteiger partial charge in [0.1, 0.15) is 0 Å². The Hall–Kier alpha value is -1.10. The van der Waals surface area contributed by atoms with Gasteiger partial charge in [-0.3, -0.25) is 9.59 Å². The summed E-state index contributed by atoms with van der Waals surface area (Å²) in [6.45, 7) is 3.49. The molecule has 0 aromatic rings. The molecule has 1 unspecified atom stereocenters. The highest BCUT2D eigenvalue weighted by molar-refractivity contribution is 5.79. The van der Waals surface area contributed by atoms with Gasteiger partial charge in [-0.1, -0.05) is 12.8 Å². The molecule has 110 valence electrons. The van der Waals surface area contributed by atoms with E-state index >= 15 is 0 Å². The second kappa shape index (κ2) is 7.48. The molecular formula is C14H26N2O3. The summed E-state index contributed by atoms with van der Waals surface area (Å²) in [5.74, 6) is -0.701. The van der Waals surface area contributed by atoms with Crippen LogP contribution in [0, 0.1) is 5.41 Å². The predicted octanol–water partition coefficient (Wildman–Crippen LogP) is 1.61. The maximum absolute atomic E-state index is 12.0. The topological polar surface area (TPSA) is 83.6 Å². The van der Waals surface area contributed by atoms with E-state index in [1.165, 1.54) is 0 Å². The molecule has 19 heavy (non-hydrogen) atoms. The van der Waals surface area contributed by atoms with E-state index in [9.17, 15) is 14.7 Å². The van der Waals surface area contributed by atoms with Crippen molar-refractivity contribution in [1.82, 2.24) is 4.90 Å². The Morgan fingerprint density at radius 3 is 2.58 bits per heavy atom. The Labute approximate surface area is 115 Å². The van der Waals surface area contributed by atoms with E-state index in [0.717, 1.165) is 32.1 Å². The zero-order valence-electron chi connectivity index (χ0n) is 11.9. The van der Waals surface area contributed by atoms with Crippen molar-refractivity contribution in [2.75, 3.05) is 19.6 Å².